The number of rotatable bonds is 2. The van der Waals surface area contributed by atoms with Crippen LogP contribution in [0.2, 0.25) is 0 Å². The quantitative estimate of drug-likeness (QED) is 0.635. The Kier molecular flexibility index (Phi) is 1.92. The summed E-state index contributed by atoms with van der Waals surface area (Å²) in [6.07, 6.45) is 1.74. The molecule has 10 heavy (non-hydrogen) atoms. The zero-order valence-electron chi connectivity index (χ0n) is 5.39. The molecule has 0 fully saturated rings. The molecule has 52 valence electrons. The molecule has 0 saturated heterocycles. The second-order valence-corrected chi connectivity index (χ2v) is 2.26. The molecule has 1 N–H and O–H groups in total. The predicted molar refractivity (Wildman–Crippen MR) is 44.9 cm³/mol. The van der Waals surface area contributed by atoms with Gasteiger partial charge < -0.3 is 4.98 Å². The molecule has 0 saturated carbocycles. The molecule has 1 heterocycles. The van der Waals surface area contributed by atoms with Crippen LogP contribution in [0.4, 0.5) is 5.82 Å². The molecule has 0 bridgehead atoms. The van der Waals surface area contributed by atoms with Crippen LogP contribution < -0.4 is 0 Å². The first kappa shape index (κ1) is 7.09. The van der Waals surface area contributed by atoms with E-state index in [0.717, 1.165) is 5.56 Å². The summed E-state index contributed by atoms with van der Waals surface area (Å²) >= 11 is 5.63. The summed E-state index contributed by atoms with van der Waals surface area (Å²) in [5.41, 5.74) is 0.802. The van der Waals surface area contributed by atoms with Gasteiger partial charge in [0.15, 0.2) is 0 Å². The van der Waals surface area contributed by atoms with Gasteiger partial charge in [0.2, 0.25) is 0 Å². The minimum Gasteiger partial charge on any atom is -0.346 e. The van der Waals surface area contributed by atoms with Gasteiger partial charge in [0.05, 0.1) is 0 Å². The van der Waals surface area contributed by atoms with Gasteiger partial charge in [0.1, 0.15) is 5.82 Å². The third kappa shape index (κ3) is 1.11. The second-order valence-electron chi connectivity index (χ2n) is 1.80. The zero-order valence-corrected chi connectivity index (χ0v) is 6.15. The summed E-state index contributed by atoms with van der Waals surface area (Å²) in [6, 6.07) is 1.80. The smallest absolute Gasteiger partial charge is 0.137 e. The second kappa shape index (κ2) is 2.71. The van der Waals surface area contributed by atoms with E-state index < -0.39 is 0 Å². The van der Waals surface area contributed by atoms with Crippen LogP contribution in [0.5, 0.6) is 0 Å². The molecule has 3 heteroatoms. The van der Waals surface area contributed by atoms with Crippen molar-refractivity contribution in [2.75, 3.05) is 0 Å². The van der Waals surface area contributed by atoms with Crippen LogP contribution in [0.15, 0.2) is 23.8 Å². The van der Waals surface area contributed by atoms with Crippen molar-refractivity contribution in [3.63, 3.8) is 0 Å². The molecule has 1 aromatic heterocycles. The van der Waals surface area contributed by atoms with Gasteiger partial charge in [-0.1, -0.05) is 18.2 Å². The Morgan fingerprint density at radius 1 is 1.70 bits per heavy atom. The lowest BCUT2D eigenvalue weighted by molar-refractivity contribution is 1.35. The van der Waals surface area contributed by atoms with Crippen molar-refractivity contribution in [1.29, 1.82) is 0 Å². The topological polar surface area (TPSA) is 28.1 Å². The number of nitrogens with zero attached hydrogens (tertiary/aromatic N) is 1. The van der Waals surface area contributed by atoms with E-state index in [1.807, 2.05) is 0 Å². The average molecular weight is 155 g/mol. The summed E-state index contributed by atoms with van der Waals surface area (Å²) in [4.78, 5) is 6.56. The molecule has 0 aromatic carbocycles. The fourth-order valence-corrected chi connectivity index (χ4v) is 0.863. The molecule has 0 amide bonds. The Bertz CT molecular complexity index is 262. The molecule has 0 unspecified atom stereocenters. The van der Waals surface area contributed by atoms with Crippen molar-refractivity contribution in [3.05, 3.63) is 24.4 Å². The minimum absolute atomic E-state index is 0.476. The molecular formula is C7H7ClN2. The van der Waals surface area contributed by atoms with E-state index in [2.05, 4.69) is 23.3 Å². The first-order chi connectivity index (χ1) is 4.75. The van der Waals surface area contributed by atoms with Crippen LogP contribution in [0, 0.1) is 0 Å². The zero-order chi connectivity index (χ0) is 7.56. The third-order valence-corrected chi connectivity index (χ3v) is 1.38. The Morgan fingerprint density at radius 3 is 2.80 bits per heavy atom. The minimum atomic E-state index is 0.476. The van der Waals surface area contributed by atoms with E-state index in [1.54, 1.807) is 12.3 Å². The van der Waals surface area contributed by atoms with Crippen molar-refractivity contribution in [2.45, 2.75) is 0 Å². The van der Waals surface area contributed by atoms with Crippen LogP contribution in [-0.4, -0.2) is 11.7 Å². The van der Waals surface area contributed by atoms with Crippen molar-refractivity contribution >= 4 is 29.2 Å². The predicted octanol–water partition coefficient (Wildman–Crippen LogP) is 2.56. The van der Waals surface area contributed by atoms with Gasteiger partial charge in [0.25, 0.3) is 0 Å². The van der Waals surface area contributed by atoms with Crippen LogP contribution in [0.25, 0.3) is 5.03 Å². The molecule has 2 nitrogen and oxygen atoms in total. The number of hydrogen-bond donors (Lipinski definition) is 1. The first-order valence-electron chi connectivity index (χ1n) is 2.74. The van der Waals surface area contributed by atoms with Crippen LogP contribution in [0.3, 0.4) is 0 Å². The van der Waals surface area contributed by atoms with Crippen LogP contribution in [-0.2, 0) is 0 Å². The van der Waals surface area contributed by atoms with E-state index in [-0.39, 0.29) is 0 Å². The number of halogens is 1. The van der Waals surface area contributed by atoms with Gasteiger partial charge in [0, 0.05) is 16.8 Å². The molecule has 1 aromatic rings. The van der Waals surface area contributed by atoms with Gasteiger partial charge in [-0.2, -0.15) is 0 Å². The van der Waals surface area contributed by atoms with Crippen molar-refractivity contribution < 1.29 is 0 Å². The average Bonchev–Trinajstić information content (AvgIpc) is 2.33. The van der Waals surface area contributed by atoms with E-state index in [0.29, 0.717) is 10.9 Å². The highest BCUT2D eigenvalue weighted by Crippen LogP contribution is 2.25. The molecule has 0 spiro atoms. The van der Waals surface area contributed by atoms with E-state index >= 15 is 0 Å². The molecular weight excluding hydrogens is 148 g/mol. The number of hydrogen-bond acceptors (Lipinski definition) is 1. The van der Waals surface area contributed by atoms with E-state index in [1.165, 1.54) is 0 Å². The summed E-state index contributed by atoms with van der Waals surface area (Å²) < 4.78 is 0. The SMILES string of the molecule is C=Nc1[nH]ccc1C(=C)Cl. The maximum Gasteiger partial charge on any atom is 0.137 e. The Morgan fingerprint density at radius 2 is 2.40 bits per heavy atom. The highest BCUT2D eigenvalue weighted by atomic mass is 35.5. The highest BCUT2D eigenvalue weighted by Gasteiger charge is 2.01. The van der Waals surface area contributed by atoms with Crippen LogP contribution in [0.1, 0.15) is 5.56 Å². The molecule has 1 rings (SSSR count). The molecule has 0 aliphatic carbocycles. The fraction of sp³-hybridized carbons (Fsp3) is 0. The summed E-state index contributed by atoms with van der Waals surface area (Å²) in [5.74, 6) is 0.667. The summed E-state index contributed by atoms with van der Waals surface area (Å²) in [6.45, 7) is 6.93. The number of aromatic nitrogens is 1. The summed E-state index contributed by atoms with van der Waals surface area (Å²) in [7, 11) is 0. The number of aromatic amines is 1. The summed E-state index contributed by atoms with van der Waals surface area (Å²) in [5, 5.41) is 0.476. The van der Waals surface area contributed by atoms with Gasteiger partial charge in [-0.25, -0.2) is 4.99 Å². The molecule has 0 aliphatic heterocycles. The maximum absolute atomic E-state index is 5.63. The molecule has 0 aliphatic rings. The van der Waals surface area contributed by atoms with Gasteiger partial charge in [-0.05, 0) is 12.8 Å². The number of H-pyrrole nitrogens is 1. The van der Waals surface area contributed by atoms with Gasteiger partial charge in [-0.3, -0.25) is 0 Å². The lowest BCUT2D eigenvalue weighted by Gasteiger charge is -1.92. The fourth-order valence-electron chi connectivity index (χ4n) is 0.710. The third-order valence-electron chi connectivity index (χ3n) is 1.18. The molecule has 0 atom stereocenters. The normalized spacial score (nSPS) is 9.30. The standard InChI is InChI=1S/C7H7ClN2/c1-5(8)6-3-4-10-7(6)9-2/h3-4,10H,1-2H2. The lowest BCUT2D eigenvalue weighted by atomic mass is 10.3. The highest BCUT2D eigenvalue weighted by molar-refractivity contribution is 6.48. The van der Waals surface area contributed by atoms with Crippen LogP contribution >= 0.6 is 11.6 Å². The van der Waals surface area contributed by atoms with Crippen molar-refractivity contribution in [3.8, 4) is 0 Å². The van der Waals surface area contributed by atoms with E-state index in [4.69, 9.17) is 11.6 Å². The maximum atomic E-state index is 5.63. The van der Waals surface area contributed by atoms with Crippen molar-refractivity contribution in [2.24, 2.45) is 4.99 Å². The largest absolute Gasteiger partial charge is 0.346 e. The Labute approximate surface area is 64.2 Å². The van der Waals surface area contributed by atoms with E-state index in [9.17, 15) is 0 Å². The van der Waals surface area contributed by atoms with Crippen molar-refractivity contribution in [1.82, 2.24) is 4.98 Å². The monoisotopic (exact) mass is 154 g/mol. The first-order valence-corrected chi connectivity index (χ1v) is 3.12. The Hall–Kier alpha value is -1.02. The molecule has 0 radical (unpaired) electrons. The lowest BCUT2D eigenvalue weighted by Crippen LogP contribution is -1.69. The number of aliphatic imine (C=N–C) groups is 1. The van der Waals surface area contributed by atoms with Gasteiger partial charge >= 0.3 is 0 Å². The Balaban J connectivity index is 3.13. The number of nitrogens with one attached hydrogen (secondary N) is 1. The van der Waals surface area contributed by atoms with Gasteiger partial charge in [-0.15, -0.1) is 0 Å².